The Bertz CT molecular complexity index is 511. The molecule has 0 aliphatic carbocycles. The van der Waals surface area contributed by atoms with E-state index in [-0.39, 0.29) is 12.1 Å². The van der Waals surface area contributed by atoms with Crippen LogP contribution in [0, 0.1) is 6.92 Å². The Labute approximate surface area is 140 Å². The predicted molar refractivity (Wildman–Crippen MR) is 94.3 cm³/mol. The Kier molecular flexibility index (Phi) is 7.03. The van der Waals surface area contributed by atoms with Crippen molar-refractivity contribution in [1.29, 1.82) is 0 Å². The number of aryl methyl sites for hydroxylation is 1. The minimum absolute atomic E-state index is 0.0297. The number of carbonyl (C=O) groups excluding carboxylic acids is 1. The first kappa shape index (κ1) is 19.5. The van der Waals surface area contributed by atoms with Gasteiger partial charge < -0.3 is 15.8 Å². The number of hydrogen-bond donors (Lipinski definition) is 2. The minimum Gasteiger partial charge on any atom is -0.444 e. The molecule has 0 fully saturated rings. The van der Waals surface area contributed by atoms with Crippen molar-refractivity contribution < 1.29 is 9.53 Å². The summed E-state index contributed by atoms with van der Waals surface area (Å²) in [5.74, 6) is 0. The lowest BCUT2D eigenvalue weighted by Gasteiger charge is -2.33. The van der Waals surface area contributed by atoms with Gasteiger partial charge in [0, 0.05) is 25.2 Å². The number of rotatable bonds is 6. The first-order valence-electron chi connectivity index (χ1n) is 8.08. The Balaban J connectivity index is 2.67. The van der Waals surface area contributed by atoms with Crippen LogP contribution in [0.2, 0.25) is 0 Å². The van der Waals surface area contributed by atoms with Gasteiger partial charge in [0.15, 0.2) is 0 Å². The van der Waals surface area contributed by atoms with Crippen molar-refractivity contribution in [1.82, 2.24) is 10.2 Å². The summed E-state index contributed by atoms with van der Waals surface area (Å²) in [4.78, 5) is 14.1. The molecule has 0 saturated heterocycles. The summed E-state index contributed by atoms with van der Waals surface area (Å²) in [5.41, 5.74) is 7.95. The van der Waals surface area contributed by atoms with Gasteiger partial charge in [-0.25, -0.2) is 4.79 Å². The van der Waals surface area contributed by atoms with Crippen molar-refractivity contribution in [2.24, 2.45) is 5.73 Å². The van der Waals surface area contributed by atoms with Crippen molar-refractivity contribution in [3.8, 4) is 0 Å². The van der Waals surface area contributed by atoms with E-state index in [1.807, 2.05) is 46.9 Å². The van der Waals surface area contributed by atoms with Gasteiger partial charge in [-0.2, -0.15) is 0 Å². The van der Waals surface area contributed by atoms with E-state index in [2.05, 4.69) is 29.3 Å². The molecule has 0 bridgehead atoms. The summed E-state index contributed by atoms with van der Waals surface area (Å²) in [7, 11) is 2.03. The summed E-state index contributed by atoms with van der Waals surface area (Å²) >= 11 is 0. The van der Waals surface area contributed by atoms with Gasteiger partial charge in [0.25, 0.3) is 0 Å². The van der Waals surface area contributed by atoms with E-state index in [1.165, 1.54) is 11.1 Å². The SMILES string of the molecule is Cc1ccccc1CN(C)C(CN)C(C)NC(=O)OC(C)(C)C. The molecule has 0 saturated carbocycles. The van der Waals surface area contributed by atoms with Crippen LogP contribution in [0.25, 0.3) is 0 Å². The summed E-state index contributed by atoms with van der Waals surface area (Å²) < 4.78 is 5.31. The molecule has 1 aromatic carbocycles. The largest absolute Gasteiger partial charge is 0.444 e. The first-order valence-corrected chi connectivity index (χ1v) is 8.08. The molecule has 0 aromatic heterocycles. The highest BCUT2D eigenvalue weighted by atomic mass is 16.6. The summed E-state index contributed by atoms with van der Waals surface area (Å²) in [5, 5.41) is 2.89. The quantitative estimate of drug-likeness (QED) is 0.845. The molecule has 130 valence electrons. The van der Waals surface area contributed by atoms with E-state index in [9.17, 15) is 4.79 Å². The molecule has 5 nitrogen and oxygen atoms in total. The Morgan fingerprint density at radius 3 is 2.48 bits per heavy atom. The van der Waals surface area contributed by atoms with Gasteiger partial charge in [0.05, 0.1) is 0 Å². The van der Waals surface area contributed by atoms with Gasteiger partial charge in [-0.3, -0.25) is 4.90 Å². The van der Waals surface area contributed by atoms with Crippen molar-refractivity contribution in [3.63, 3.8) is 0 Å². The molecule has 0 aliphatic heterocycles. The molecular formula is C18H31N3O2. The lowest BCUT2D eigenvalue weighted by atomic mass is 10.1. The van der Waals surface area contributed by atoms with Gasteiger partial charge in [0.1, 0.15) is 5.60 Å². The molecule has 1 rings (SSSR count). The molecule has 2 unspecified atom stereocenters. The van der Waals surface area contributed by atoms with Gasteiger partial charge in [-0.15, -0.1) is 0 Å². The number of amides is 1. The third kappa shape index (κ3) is 6.59. The number of nitrogens with two attached hydrogens (primary N) is 1. The van der Waals surface area contributed by atoms with Crippen LogP contribution in [0.1, 0.15) is 38.8 Å². The molecule has 5 heteroatoms. The van der Waals surface area contributed by atoms with Crippen molar-refractivity contribution >= 4 is 6.09 Å². The standard InChI is InChI=1S/C18H31N3O2/c1-13-9-7-8-10-15(13)12-21(6)16(11-19)14(2)20-17(22)23-18(3,4)5/h7-10,14,16H,11-12,19H2,1-6H3,(H,20,22). The fourth-order valence-corrected chi connectivity index (χ4v) is 2.53. The second-order valence-electron chi connectivity index (χ2n) is 7.08. The maximum absolute atomic E-state index is 11.9. The van der Waals surface area contributed by atoms with Crippen LogP contribution in [-0.2, 0) is 11.3 Å². The van der Waals surface area contributed by atoms with Crippen LogP contribution in [0.15, 0.2) is 24.3 Å². The molecular weight excluding hydrogens is 290 g/mol. The van der Waals surface area contributed by atoms with Crippen LogP contribution in [0.4, 0.5) is 4.79 Å². The van der Waals surface area contributed by atoms with Crippen LogP contribution < -0.4 is 11.1 Å². The van der Waals surface area contributed by atoms with E-state index >= 15 is 0 Å². The number of alkyl carbamates (subject to hydrolysis) is 1. The van der Waals surface area contributed by atoms with Crippen LogP contribution in [0.3, 0.4) is 0 Å². The second kappa shape index (κ2) is 8.31. The summed E-state index contributed by atoms with van der Waals surface area (Å²) in [6.07, 6.45) is -0.409. The first-order chi connectivity index (χ1) is 10.6. The molecule has 0 heterocycles. The lowest BCUT2D eigenvalue weighted by Crippen LogP contribution is -2.53. The highest BCUT2D eigenvalue weighted by Crippen LogP contribution is 2.13. The molecule has 23 heavy (non-hydrogen) atoms. The Hall–Kier alpha value is -1.59. The van der Waals surface area contributed by atoms with E-state index < -0.39 is 11.7 Å². The summed E-state index contributed by atoms with van der Waals surface area (Å²) in [6, 6.07) is 8.21. The van der Waals surface area contributed by atoms with Crippen molar-refractivity contribution in [3.05, 3.63) is 35.4 Å². The van der Waals surface area contributed by atoms with Gasteiger partial charge in [0.2, 0.25) is 0 Å². The number of ether oxygens (including phenoxy) is 1. The smallest absolute Gasteiger partial charge is 0.407 e. The zero-order chi connectivity index (χ0) is 17.6. The maximum atomic E-state index is 11.9. The molecule has 0 radical (unpaired) electrons. The molecule has 1 amide bonds. The monoisotopic (exact) mass is 321 g/mol. The van der Waals surface area contributed by atoms with Crippen LogP contribution >= 0.6 is 0 Å². The number of nitrogens with one attached hydrogen (secondary N) is 1. The second-order valence-corrected chi connectivity index (χ2v) is 7.08. The number of nitrogens with zero attached hydrogens (tertiary/aromatic N) is 1. The average molecular weight is 321 g/mol. The maximum Gasteiger partial charge on any atom is 0.407 e. The summed E-state index contributed by atoms with van der Waals surface area (Å²) in [6.45, 7) is 10.8. The molecule has 0 spiro atoms. The Morgan fingerprint density at radius 2 is 1.96 bits per heavy atom. The van der Waals surface area contributed by atoms with Crippen LogP contribution in [-0.4, -0.2) is 42.3 Å². The highest BCUT2D eigenvalue weighted by molar-refractivity contribution is 5.68. The number of likely N-dealkylation sites (N-methyl/N-ethyl adjacent to an activating group) is 1. The van der Waals surface area contributed by atoms with E-state index in [4.69, 9.17) is 10.5 Å². The molecule has 2 atom stereocenters. The normalized spacial score (nSPS) is 14.4. The highest BCUT2D eigenvalue weighted by Gasteiger charge is 2.24. The van der Waals surface area contributed by atoms with Gasteiger partial charge in [-0.1, -0.05) is 24.3 Å². The van der Waals surface area contributed by atoms with Gasteiger partial charge >= 0.3 is 6.09 Å². The third-order valence-corrected chi connectivity index (χ3v) is 3.81. The molecule has 1 aromatic rings. The molecule has 3 N–H and O–H groups in total. The minimum atomic E-state index is -0.505. The van der Waals surface area contributed by atoms with Crippen molar-refractivity contribution in [2.45, 2.75) is 58.8 Å². The topological polar surface area (TPSA) is 67.6 Å². The fraction of sp³-hybridized carbons (Fsp3) is 0.611. The van der Waals surface area contributed by atoms with Crippen LogP contribution in [0.5, 0.6) is 0 Å². The van der Waals surface area contributed by atoms with Crippen molar-refractivity contribution in [2.75, 3.05) is 13.6 Å². The average Bonchev–Trinajstić information content (AvgIpc) is 2.39. The van der Waals surface area contributed by atoms with Gasteiger partial charge in [-0.05, 0) is 52.8 Å². The fourth-order valence-electron chi connectivity index (χ4n) is 2.53. The zero-order valence-electron chi connectivity index (χ0n) is 15.2. The van der Waals surface area contributed by atoms with E-state index in [0.717, 1.165) is 6.54 Å². The third-order valence-electron chi connectivity index (χ3n) is 3.81. The Morgan fingerprint density at radius 1 is 1.35 bits per heavy atom. The van der Waals surface area contributed by atoms with E-state index in [0.29, 0.717) is 6.54 Å². The zero-order valence-corrected chi connectivity index (χ0v) is 15.2. The lowest BCUT2D eigenvalue weighted by molar-refractivity contribution is 0.0476. The number of hydrogen-bond acceptors (Lipinski definition) is 4. The number of carbonyl (C=O) groups is 1. The molecule has 0 aliphatic rings. The number of benzene rings is 1. The van der Waals surface area contributed by atoms with E-state index in [1.54, 1.807) is 0 Å². The predicted octanol–water partition coefficient (Wildman–Crippen LogP) is 2.67.